The predicted octanol–water partition coefficient (Wildman–Crippen LogP) is 1.20. The summed E-state index contributed by atoms with van der Waals surface area (Å²) in [7, 11) is 7.42. The van der Waals surface area contributed by atoms with E-state index in [1.54, 1.807) is 36.9 Å². The standard InChI is InChI=1S/C20H29N5O3/c1-23(2)20(10-6-5-7-11-20)13-21-17(26)18(27)22-14-8-9-15-16(12-14)25(4)19(28)24(15)3/h8-9,12H,5-7,10-11,13H2,1-4H3,(H,21,26)(H,22,27). The summed E-state index contributed by atoms with van der Waals surface area (Å²) in [5, 5.41) is 5.43. The van der Waals surface area contributed by atoms with Crippen molar-refractivity contribution in [2.45, 2.75) is 37.6 Å². The largest absolute Gasteiger partial charge is 0.346 e. The molecule has 1 aromatic carbocycles. The summed E-state index contributed by atoms with van der Waals surface area (Å²) < 4.78 is 3.05. The molecule has 0 saturated heterocycles. The van der Waals surface area contributed by atoms with Crippen LogP contribution in [0.4, 0.5) is 5.69 Å². The van der Waals surface area contributed by atoms with Crippen molar-refractivity contribution in [1.82, 2.24) is 19.4 Å². The Kier molecular flexibility index (Phi) is 5.60. The number of hydrogen-bond donors (Lipinski definition) is 2. The number of carbonyl (C=O) groups is 2. The zero-order chi connectivity index (χ0) is 20.5. The minimum atomic E-state index is -0.704. The Labute approximate surface area is 164 Å². The second-order valence-electron chi connectivity index (χ2n) is 7.92. The normalized spacial score (nSPS) is 16.3. The van der Waals surface area contributed by atoms with Gasteiger partial charge in [0.1, 0.15) is 0 Å². The van der Waals surface area contributed by atoms with E-state index in [-0.39, 0.29) is 11.2 Å². The Balaban J connectivity index is 1.67. The van der Waals surface area contributed by atoms with Gasteiger partial charge in [-0.1, -0.05) is 19.3 Å². The minimum absolute atomic E-state index is 0.0879. The van der Waals surface area contributed by atoms with Crippen LogP contribution in [0.5, 0.6) is 0 Å². The lowest BCUT2D eigenvalue weighted by Gasteiger charge is -2.43. The van der Waals surface area contributed by atoms with Crippen molar-refractivity contribution < 1.29 is 9.59 Å². The Morgan fingerprint density at radius 2 is 1.68 bits per heavy atom. The molecule has 1 aliphatic carbocycles. The van der Waals surface area contributed by atoms with Gasteiger partial charge in [-0.25, -0.2) is 4.79 Å². The molecule has 2 amide bonds. The molecule has 0 atom stereocenters. The number of aromatic nitrogens is 2. The molecule has 1 saturated carbocycles. The summed E-state index contributed by atoms with van der Waals surface area (Å²) >= 11 is 0. The molecule has 1 heterocycles. The number of aryl methyl sites for hydroxylation is 2. The fraction of sp³-hybridized carbons (Fsp3) is 0.550. The Hall–Kier alpha value is -2.61. The molecule has 3 rings (SSSR count). The molecule has 152 valence electrons. The van der Waals surface area contributed by atoms with Gasteiger partial charge in [0.25, 0.3) is 0 Å². The van der Waals surface area contributed by atoms with Gasteiger partial charge in [0, 0.05) is 31.9 Å². The van der Waals surface area contributed by atoms with Gasteiger partial charge in [-0.15, -0.1) is 0 Å². The Morgan fingerprint density at radius 3 is 2.32 bits per heavy atom. The second-order valence-corrected chi connectivity index (χ2v) is 7.92. The fourth-order valence-electron chi connectivity index (χ4n) is 4.09. The first-order valence-corrected chi connectivity index (χ1v) is 9.67. The van der Waals surface area contributed by atoms with Crippen LogP contribution >= 0.6 is 0 Å². The zero-order valence-corrected chi connectivity index (χ0v) is 17.0. The smallest absolute Gasteiger partial charge is 0.328 e. The van der Waals surface area contributed by atoms with E-state index in [1.165, 1.54) is 11.0 Å². The Bertz CT molecular complexity index is 951. The molecule has 0 spiro atoms. The summed E-state index contributed by atoms with van der Waals surface area (Å²) in [5.74, 6) is -1.35. The van der Waals surface area contributed by atoms with Gasteiger partial charge in [-0.3, -0.25) is 18.7 Å². The predicted molar refractivity (Wildman–Crippen MR) is 109 cm³/mol. The van der Waals surface area contributed by atoms with Crippen LogP contribution in [0.1, 0.15) is 32.1 Å². The number of likely N-dealkylation sites (N-methyl/N-ethyl adjacent to an activating group) is 1. The van der Waals surface area contributed by atoms with Crippen LogP contribution in [0.25, 0.3) is 11.0 Å². The maximum absolute atomic E-state index is 12.3. The summed E-state index contributed by atoms with van der Waals surface area (Å²) in [5.41, 5.74) is 1.71. The number of anilines is 1. The number of rotatable bonds is 4. The van der Waals surface area contributed by atoms with Gasteiger partial charge in [-0.2, -0.15) is 0 Å². The van der Waals surface area contributed by atoms with E-state index in [4.69, 9.17) is 0 Å². The van der Waals surface area contributed by atoms with E-state index >= 15 is 0 Å². The molecule has 0 unspecified atom stereocenters. The molecule has 8 nitrogen and oxygen atoms in total. The van der Waals surface area contributed by atoms with Gasteiger partial charge >= 0.3 is 17.5 Å². The van der Waals surface area contributed by atoms with Gasteiger partial charge in [0.05, 0.1) is 11.0 Å². The average molecular weight is 387 g/mol. The topological polar surface area (TPSA) is 88.4 Å². The van der Waals surface area contributed by atoms with Crippen LogP contribution in [0.15, 0.2) is 23.0 Å². The number of carbonyl (C=O) groups excluding carboxylic acids is 2. The van der Waals surface area contributed by atoms with Crippen LogP contribution < -0.4 is 16.3 Å². The van der Waals surface area contributed by atoms with Crippen LogP contribution in [0, 0.1) is 0 Å². The maximum atomic E-state index is 12.3. The maximum Gasteiger partial charge on any atom is 0.328 e. The van der Waals surface area contributed by atoms with Crippen molar-refractivity contribution in [3.8, 4) is 0 Å². The van der Waals surface area contributed by atoms with Gasteiger partial charge in [0.2, 0.25) is 0 Å². The Morgan fingerprint density at radius 1 is 1.04 bits per heavy atom. The van der Waals surface area contributed by atoms with Crippen molar-refractivity contribution in [2.75, 3.05) is 26.0 Å². The molecule has 1 aromatic heterocycles. The minimum Gasteiger partial charge on any atom is -0.346 e. The highest BCUT2D eigenvalue weighted by atomic mass is 16.2. The van der Waals surface area contributed by atoms with Crippen molar-refractivity contribution >= 4 is 28.5 Å². The van der Waals surface area contributed by atoms with E-state index in [0.29, 0.717) is 17.7 Å². The lowest BCUT2D eigenvalue weighted by molar-refractivity contribution is -0.136. The van der Waals surface area contributed by atoms with E-state index in [0.717, 1.165) is 31.2 Å². The fourth-order valence-corrected chi connectivity index (χ4v) is 4.09. The first-order valence-electron chi connectivity index (χ1n) is 9.67. The van der Waals surface area contributed by atoms with Gasteiger partial charge in [-0.05, 0) is 45.1 Å². The van der Waals surface area contributed by atoms with Gasteiger partial charge in [0.15, 0.2) is 0 Å². The molecule has 28 heavy (non-hydrogen) atoms. The molecule has 1 aliphatic rings. The second kappa shape index (κ2) is 7.79. The van der Waals surface area contributed by atoms with Crippen LogP contribution in [-0.4, -0.2) is 52.0 Å². The summed E-state index contributed by atoms with van der Waals surface area (Å²) in [4.78, 5) is 38.9. The number of benzene rings is 1. The first kappa shape index (κ1) is 20.1. The highest BCUT2D eigenvalue weighted by Crippen LogP contribution is 2.31. The lowest BCUT2D eigenvalue weighted by atomic mass is 9.80. The highest BCUT2D eigenvalue weighted by Gasteiger charge is 2.35. The van der Waals surface area contributed by atoms with E-state index < -0.39 is 11.8 Å². The van der Waals surface area contributed by atoms with Crippen molar-refractivity contribution in [1.29, 1.82) is 0 Å². The molecular weight excluding hydrogens is 358 g/mol. The molecule has 0 bridgehead atoms. The van der Waals surface area contributed by atoms with Crippen molar-refractivity contribution in [2.24, 2.45) is 14.1 Å². The molecule has 8 heteroatoms. The van der Waals surface area contributed by atoms with Gasteiger partial charge < -0.3 is 15.5 Å². The zero-order valence-electron chi connectivity index (χ0n) is 17.0. The number of hydrogen-bond acceptors (Lipinski definition) is 4. The van der Waals surface area contributed by atoms with Crippen molar-refractivity contribution in [3.05, 3.63) is 28.7 Å². The monoisotopic (exact) mass is 387 g/mol. The summed E-state index contributed by atoms with van der Waals surface area (Å²) in [6, 6.07) is 5.15. The summed E-state index contributed by atoms with van der Waals surface area (Å²) in [6.07, 6.45) is 5.52. The molecule has 0 aliphatic heterocycles. The quantitative estimate of drug-likeness (QED) is 0.772. The molecule has 2 aromatic rings. The van der Waals surface area contributed by atoms with Crippen LogP contribution in [0.3, 0.4) is 0 Å². The number of nitrogens with one attached hydrogen (secondary N) is 2. The third-order valence-electron chi connectivity index (χ3n) is 6.05. The van der Waals surface area contributed by atoms with Crippen molar-refractivity contribution in [3.63, 3.8) is 0 Å². The number of nitrogens with zero attached hydrogens (tertiary/aromatic N) is 3. The molecule has 2 N–H and O–H groups in total. The third-order valence-corrected chi connectivity index (χ3v) is 6.05. The van der Waals surface area contributed by atoms with Crippen LogP contribution in [-0.2, 0) is 23.7 Å². The van der Waals surface area contributed by atoms with E-state index in [9.17, 15) is 14.4 Å². The SMILES string of the molecule is CN(C)C1(CNC(=O)C(=O)Nc2ccc3c(c2)n(C)c(=O)n3C)CCCCC1. The molecular formula is C20H29N5O3. The summed E-state index contributed by atoms with van der Waals surface area (Å²) in [6.45, 7) is 0.457. The molecule has 1 fully saturated rings. The highest BCUT2D eigenvalue weighted by molar-refractivity contribution is 6.39. The van der Waals surface area contributed by atoms with Crippen LogP contribution in [0.2, 0.25) is 0 Å². The number of imidazole rings is 1. The van der Waals surface area contributed by atoms with E-state index in [1.807, 2.05) is 14.1 Å². The third kappa shape index (κ3) is 3.69. The lowest BCUT2D eigenvalue weighted by Crippen LogP contribution is -2.55. The molecule has 0 radical (unpaired) electrons. The number of fused-ring (bicyclic) bond motifs is 1. The number of amides is 2. The first-order chi connectivity index (χ1) is 13.2. The average Bonchev–Trinajstić information content (AvgIpc) is 2.90. The van der Waals surface area contributed by atoms with E-state index in [2.05, 4.69) is 15.5 Å².